The van der Waals surface area contributed by atoms with Gasteiger partial charge in [-0.25, -0.2) is 20.8 Å². The van der Waals surface area contributed by atoms with Crippen molar-refractivity contribution in [2.24, 2.45) is 5.84 Å². The number of hydrogen-bond acceptors (Lipinski definition) is 6. The third-order valence-corrected chi connectivity index (χ3v) is 3.66. The van der Waals surface area contributed by atoms with Crippen LogP contribution in [0.5, 0.6) is 0 Å². The predicted octanol–water partition coefficient (Wildman–Crippen LogP) is 2.91. The fraction of sp³-hybridized carbons (Fsp3) is 0.250. The summed E-state index contributed by atoms with van der Waals surface area (Å²) >= 11 is 7.30. The van der Waals surface area contributed by atoms with Gasteiger partial charge in [0.2, 0.25) is 0 Å². The molecule has 0 saturated carbocycles. The van der Waals surface area contributed by atoms with E-state index in [1.54, 1.807) is 12.3 Å². The molecule has 2 rings (SSSR count). The van der Waals surface area contributed by atoms with Crippen molar-refractivity contribution < 1.29 is 0 Å². The molecule has 19 heavy (non-hydrogen) atoms. The van der Waals surface area contributed by atoms with Gasteiger partial charge in [0, 0.05) is 11.8 Å². The van der Waals surface area contributed by atoms with Gasteiger partial charge in [0.05, 0.1) is 5.02 Å². The smallest absolute Gasteiger partial charge is 0.147 e. The summed E-state index contributed by atoms with van der Waals surface area (Å²) in [4.78, 5) is 12.7. The maximum absolute atomic E-state index is 5.82. The minimum absolute atomic E-state index is 0.616. The molecular weight excluding hydrogens is 282 g/mol. The number of hydrogen-bond donors (Lipinski definition) is 2. The van der Waals surface area contributed by atoms with Crippen LogP contribution >= 0.6 is 23.4 Å². The van der Waals surface area contributed by atoms with Crippen LogP contribution in [0.3, 0.4) is 0 Å². The number of pyridine rings is 1. The van der Waals surface area contributed by atoms with Crippen LogP contribution in [0.4, 0.5) is 5.82 Å². The Morgan fingerprint density at radius 1 is 1.32 bits per heavy atom. The lowest BCUT2D eigenvalue weighted by Crippen LogP contribution is -2.12. The summed E-state index contributed by atoms with van der Waals surface area (Å²) in [7, 11) is 0. The summed E-state index contributed by atoms with van der Waals surface area (Å²) in [6.07, 6.45) is 4.96. The topological polar surface area (TPSA) is 76.7 Å². The molecule has 0 unspecified atom stereocenters. The van der Waals surface area contributed by atoms with Gasteiger partial charge in [0.1, 0.15) is 22.2 Å². The van der Waals surface area contributed by atoms with Crippen LogP contribution < -0.4 is 11.3 Å². The van der Waals surface area contributed by atoms with Gasteiger partial charge in [-0.1, -0.05) is 24.9 Å². The number of aromatic nitrogens is 3. The first-order valence-electron chi connectivity index (χ1n) is 5.84. The van der Waals surface area contributed by atoms with Crippen molar-refractivity contribution in [2.45, 2.75) is 29.8 Å². The van der Waals surface area contributed by atoms with Gasteiger partial charge >= 0.3 is 0 Å². The lowest BCUT2D eigenvalue weighted by Gasteiger charge is -2.10. The largest absolute Gasteiger partial charge is 0.308 e. The van der Waals surface area contributed by atoms with Gasteiger partial charge in [0.25, 0.3) is 0 Å². The first-order chi connectivity index (χ1) is 9.24. The van der Waals surface area contributed by atoms with Crippen molar-refractivity contribution in [3.8, 4) is 0 Å². The van der Waals surface area contributed by atoms with Crippen molar-refractivity contribution in [1.29, 1.82) is 0 Å². The summed E-state index contributed by atoms with van der Waals surface area (Å²) in [6.45, 7) is 2.10. The monoisotopic (exact) mass is 295 g/mol. The van der Waals surface area contributed by atoms with Gasteiger partial charge < -0.3 is 5.43 Å². The number of halogens is 1. The Morgan fingerprint density at radius 3 is 2.79 bits per heavy atom. The van der Waals surface area contributed by atoms with Crippen molar-refractivity contribution in [3.05, 3.63) is 35.2 Å². The van der Waals surface area contributed by atoms with Gasteiger partial charge in [-0.05, 0) is 30.3 Å². The molecule has 0 spiro atoms. The van der Waals surface area contributed by atoms with E-state index in [0.717, 1.165) is 28.5 Å². The second-order valence-corrected chi connectivity index (χ2v) is 5.26. The molecule has 3 N–H and O–H groups in total. The van der Waals surface area contributed by atoms with Crippen molar-refractivity contribution in [3.63, 3.8) is 0 Å². The molecule has 0 fully saturated rings. The molecule has 5 nitrogen and oxygen atoms in total. The second-order valence-electron chi connectivity index (χ2n) is 3.82. The Morgan fingerprint density at radius 2 is 2.16 bits per heavy atom. The Labute approximate surface area is 121 Å². The first kappa shape index (κ1) is 14.0. The van der Waals surface area contributed by atoms with E-state index >= 15 is 0 Å². The zero-order chi connectivity index (χ0) is 13.7. The third kappa shape index (κ3) is 3.56. The maximum Gasteiger partial charge on any atom is 0.147 e. The lowest BCUT2D eigenvalue weighted by molar-refractivity contribution is 0.855. The molecule has 0 atom stereocenters. The maximum atomic E-state index is 5.82. The van der Waals surface area contributed by atoms with Gasteiger partial charge in [0.15, 0.2) is 0 Å². The molecule has 0 aromatic carbocycles. The number of nitrogens with one attached hydrogen (secondary N) is 1. The molecule has 0 amide bonds. The Bertz CT molecular complexity index is 546. The molecule has 0 saturated heterocycles. The second kappa shape index (κ2) is 6.70. The highest BCUT2D eigenvalue weighted by molar-refractivity contribution is 7.99. The number of nitrogens with zero attached hydrogens (tertiary/aromatic N) is 3. The average molecular weight is 296 g/mol. The van der Waals surface area contributed by atoms with Crippen LogP contribution in [-0.4, -0.2) is 15.0 Å². The molecule has 0 aliphatic carbocycles. The zero-order valence-corrected chi connectivity index (χ0v) is 12.0. The zero-order valence-electron chi connectivity index (χ0n) is 10.4. The van der Waals surface area contributed by atoms with E-state index in [9.17, 15) is 0 Å². The molecule has 2 aromatic heterocycles. The fourth-order valence-corrected chi connectivity index (χ4v) is 2.58. The van der Waals surface area contributed by atoms with Crippen LogP contribution in [0.1, 0.15) is 18.9 Å². The quantitative estimate of drug-likeness (QED) is 0.502. The highest BCUT2D eigenvalue weighted by Crippen LogP contribution is 2.30. The molecule has 2 heterocycles. The van der Waals surface area contributed by atoms with Crippen LogP contribution in [0.2, 0.25) is 5.02 Å². The van der Waals surface area contributed by atoms with E-state index in [1.807, 2.05) is 6.07 Å². The minimum atomic E-state index is 0.616. The van der Waals surface area contributed by atoms with Crippen molar-refractivity contribution in [1.82, 2.24) is 15.0 Å². The number of nitrogens with two attached hydrogens (primary N) is 1. The molecule has 0 radical (unpaired) electrons. The summed E-state index contributed by atoms with van der Waals surface area (Å²) in [5.41, 5.74) is 3.62. The minimum Gasteiger partial charge on any atom is -0.308 e. The number of rotatable bonds is 5. The molecule has 0 aliphatic rings. The number of nitrogen functional groups attached to an aromatic ring is 1. The Hall–Kier alpha value is -1.37. The molecule has 100 valence electrons. The molecule has 0 aliphatic heterocycles. The van der Waals surface area contributed by atoms with E-state index in [1.165, 1.54) is 18.1 Å². The fourth-order valence-electron chi connectivity index (χ4n) is 1.61. The summed E-state index contributed by atoms with van der Waals surface area (Å²) in [5.74, 6) is 6.14. The van der Waals surface area contributed by atoms with Crippen molar-refractivity contribution in [2.75, 3.05) is 5.43 Å². The molecular formula is C12H14ClN5S. The molecule has 2 aromatic rings. The summed E-state index contributed by atoms with van der Waals surface area (Å²) in [5, 5.41) is 2.31. The van der Waals surface area contributed by atoms with Gasteiger partial charge in [-0.3, -0.25) is 0 Å². The molecule has 7 heteroatoms. The van der Waals surface area contributed by atoms with Crippen molar-refractivity contribution >= 4 is 29.2 Å². The van der Waals surface area contributed by atoms with E-state index in [2.05, 4.69) is 27.3 Å². The Balaban J connectivity index is 2.30. The van der Waals surface area contributed by atoms with Crippen LogP contribution in [0.15, 0.2) is 34.7 Å². The highest BCUT2D eigenvalue weighted by Gasteiger charge is 2.11. The van der Waals surface area contributed by atoms with E-state index in [0.29, 0.717) is 10.8 Å². The highest BCUT2D eigenvalue weighted by atomic mass is 35.5. The summed E-state index contributed by atoms with van der Waals surface area (Å²) < 4.78 is 0. The SMILES string of the molecule is CCCc1c(NN)ncnc1Sc1ccc(Cl)cn1. The van der Waals surface area contributed by atoms with Crippen LogP contribution in [0, 0.1) is 0 Å². The van der Waals surface area contributed by atoms with E-state index < -0.39 is 0 Å². The van der Waals surface area contributed by atoms with E-state index in [4.69, 9.17) is 17.4 Å². The van der Waals surface area contributed by atoms with Crippen LogP contribution in [-0.2, 0) is 6.42 Å². The van der Waals surface area contributed by atoms with Gasteiger partial charge in [-0.2, -0.15) is 0 Å². The summed E-state index contributed by atoms with van der Waals surface area (Å²) in [6, 6.07) is 3.67. The number of anilines is 1. The third-order valence-electron chi connectivity index (χ3n) is 2.44. The molecule has 0 bridgehead atoms. The normalized spacial score (nSPS) is 10.5. The van der Waals surface area contributed by atoms with E-state index in [-0.39, 0.29) is 0 Å². The lowest BCUT2D eigenvalue weighted by atomic mass is 10.2. The Kier molecular flexibility index (Phi) is 4.95. The van der Waals surface area contributed by atoms with Crippen LogP contribution in [0.25, 0.3) is 0 Å². The average Bonchev–Trinajstić information content (AvgIpc) is 2.43. The van der Waals surface area contributed by atoms with Gasteiger partial charge in [-0.15, -0.1) is 0 Å². The number of hydrazine groups is 1. The predicted molar refractivity (Wildman–Crippen MR) is 77.2 cm³/mol. The standard InChI is InChI=1S/C12H14ClN5S/c1-2-3-9-11(18-14)16-7-17-12(9)19-10-5-4-8(13)6-15-10/h4-7H,2-3,14H2,1H3,(H,16,17,18). The first-order valence-corrected chi connectivity index (χ1v) is 7.04.